The van der Waals surface area contributed by atoms with E-state index in [9.17, 15) is 4.79 Å². The number of esters is 1. The Bertz CT molecular complexity index is 950. The Labute approximate surface area is 190 Å². The normalized spacial score (nSPS) is 16.8. The molecule has 4 rings (SSSR count). The van der Waals surface area contributed by atoms with Crippen LogP contribution in [0.3, 0.4) is 0 Å². The summed E-state index contributed by atoms with van der Waals surface area (Å²) in [6.45, 7) is 2.95. The van der Waals surface area contributed by atoms with Crippen LogP contribution in [0.2, 0.25) is 0 Å². The van der Waals surface area contributed by atoms with E-state index in [0.29, 0.717) is 5.56 Å². The molecule has 0 bridgehead atoms. The SMILES string of the molecule is COC(=O)c1cccc(CCN2CCCC(OC(c3ccccc3)c3ccccc3)C2)c1. The number of nitrogens with zero attached hydrogens (tertiary/aromatic N) is 1. The Kier molecular flexibility index (Phi) is 7.70. The van der Waals surface area contributed by atoms with Crippen LogP contribution >= 0.6 is 0 Å². The number of benzene rings is 3. The van der Waals surface area contributed by atoms with E-state index >= 15 is 0 Å². The molecule has 0 saturated carbocycles. The third kappa shape index (κ3) is 5.84. The maximum Gasteiger partial charge on any atom is 0.337 e. The quantitative estimate of drug-likeness (QED) is 0.456. The second-order valence-corrected chi connectivity index (χ2v) is 8.34. The van der Waals surface area contributed by atoms with Gasteiger partial charge in [-0.3, -0.25) is 0 Å². The molecule has 0 aliphatic carbocycles. The number of hydrogen-bond acceptors (Lipinski definition) is 4. The number of rotatable bonds is 8. The zero-order chi connectivity index (χ0) is 22.2. The minimum Gasteiger partial charge on any atom is -0.465 e. The van der Waals surface area contributed by atoms with Crippen molar-refractivity contribution < 1.29 is 14.3 Å². The molecule has 32 heavy (non-hydrogen) atoms. The number of carbonyl (C=O) groups excluding carboxylic acids is 1. The van der Waals surface area contributed by atoms with Gasteiger partial charge in [-0.05, 0) is 54.6 Å². The third-order valence-electron chi connectivity index (χ3n) is 6.06. The van der Waals surface area contributed by atoms with E-state index in [1.54, 1.807) is 6.07 Å². The van der Waals surface area contributed by atoms with Crippen LogP contribution in [0, 0.1) is 0 Å². The van der Waals surface area contributed by atoms with Crippen molar-refractivity contribution in [3.05, 3.63) is 107 Å². The van der Waals surface area contributed by atoms with Crippen LogP contribution in [0.5, 0.6) is 0 Å². The first-order chi connectivity index (χ1) is 15.7. The summed E-state index contributed by atoms with van der Waals surface area (Å²) in [7, 11) is 1.42. The summed E-state index contributed by atoms with van der Waals surface area (Å²) in [6.07, 6.45) is 3.24. The van der Waals surface area contributed by atoms with Crippen LogP contribution in [-0.4, -0.2) is 43.7 Å². The number of likely N-dealkylation sites (tertiary alicyclic amines) is 1. The summed E-state index contributed by atoms with van der Waals surface area (Å²) in [4.78, 5) is 14.3. The van der Waals surface area contributed by atoms with E-state index in [4.69, 9.17) is 9.47 Å². The fraction of sp³-hybridized carbons (Fsp3) is 0.321. The van der Waals surface area contributed by atoms with Crippen LogP contribution < -0.4 is 0 Å². The highest BCUT2D eigenvalue weighted by molar-refractivity contribution is 5.89. The van der Waals surface area contributed by atoms with Gasteiger partial charge in [0.05, 0.1) is 18.8 Å². The second-order valence-electron chi connectivity index (χ2n) is 8.34. The number of piperidine rings is 1. The fourth-order valence-corrected chi connectivity index (χ4v) is 4.38. The Morgan fingerprint density at radius 1 is 0.969 bits per heavy atom. The minimum atomic E-state index is -0.286. The van der Waals surface area contributed by atoms with Crippen molar-refractivity contribution in [1.29, 1.82) is 0 Å². The van der Waals surface area contributed by atoms with Gasteiger partial charge < -0.3 is 14.4 Å². The maximum atomic E-state index is 11.8. The number of hydrogen-bond donors (Lipinski definition) is 0. The minimum absolute atomic E-state index is 0.0564. The molecule has 3 aromatic rings. The lowest BCUT2D eigenvalue weighted by Gasteiger charge is -2.35. The lowest BCUT2D eigenvalue weighted by Crippen LogP contribution is -2.41. The summed E-state index contributed by atoms with van der Waals surface area (Å²) in [5.41, 5.74) is 4.15. The van der Waals surface area contributed by atoms with Crippen LogP contribution in [-0.2, 0) is 15.9 Å². The maximum absolute atomic E-state index is 11.8. The van der Waals surface area contributed by atoms with Crippen LogP contribution in [0.15, 0.2) is 84.9 Å². The van der Waals surface area contributed by atoms with Gasteiger partial charge in [-0.25, -0.2) is 4.79 Å². The Morgan fingerprint density at radius 3 is 2.31 bits per heavy atom. The first kappa shape index (κ1) is 22.3. The number of ether oxygens (including phenoxy) is 2. The highest BCUT2D eigenvalue weighted by atomic mass is 16.5. The summed E-state index contributed by atoms with van der Waals surface area (Å²) in [5, 5.41) is 0. The lowest BCUT2D eigenvalue weighted by molar-refractivity contribution is -0.0330. The predicted octanol–water partition coefficient (Wildman–Crippen LogP) is 5.29. The van der Waals surface area contributed by atoms with Crippen LogP contribution in [0.1, 0.15) is 46.0 Å². The first-order valence-corrected chi connectivity index (χ1v) is 11.4. The van der Waals surface area contributed by atoms with Gasteiger partial charge >= 0.3 is 5.97 Å². The molecule has 4 nitrogen and oxygen atoms in total. The zero-order valence-electron chi connectivity index (χ0n) is 18.7. The average molecular weight is 430 g/mol. The molecule has 1 aliphatic rings. The van der Waals surface area contributed by atoms with Crippen LogP contribution in [0.25, 0.3) is 0 Å². The van der Waals surface area contributed by atoms with Crippen molar-refractivity contribution in [1.82, 2.24) is 4.90 Å². The summed E-state index contributed by atoms with van der Waals surface area (Å²) in [5.74, 6) is -0.286. The molecule has 3 aromatic carbocycles. The van der Waals surface area contributed by atoms with Crippen molar-refractivity contribution in [2.75, 3.05) is 26.7 Å². The Balaban J connectivity index is 1.39. The molecule has 0 aromatic heterocycles. The van der Waals surface area contributed by atoms with Gasteiger partial charge in [-0.15, -0.1) is 0 Å². The van der Waals surface area contributed by atoms with Crippen molar-refractivity contribution >= 4 is 5.97 Å². The molecule has 0 amide bonds. The highest BCUT2D eigenvalue weighted by Crippen LogP contribution is 2.29. The lowest BCUT2D eigenvalue weighted by atomic mass is 10.00. The number of carbonyl (C=O) groups is 1. The Hall–Kier alpha value is -2.95. The van der Waals surface area contributed by atoms with Crippen molar-refractivity contribution in [2.45, 2.75) is 31.5 Å². The van der Waals surface area contributed by atoms with E-state index in [-0.39, 0.29) is 18.2 Å². The van der Waals surface area contributed by atoms with E-state index in [2.05, 4.69) is 59.5 Å². The smallest absolute Gasteiger partial charge is 0.337 e. The van der Waals surface area contributed by atoms with Gasteiger partial charge in [0.25, 0.3) is 0 Å². The molecule has 4 heteroatoms. The first-order valence-electron chi connectivity index (χ1n) is 11.4. The fourth-order valence-electron chi connectivity index (χ4n) is 4.38. The molecule has 0 N–H and O–H groups in total. The van der Waals surface area contributed by atoms with Gasteiger partial charge in [-0.2, -0.15) is 0 Å². The zero-order valence-corrected chi connectivity index (χ0v) is 18.7. The van der Waals surface area contributed by atoms with Crippen molar-refractivity contribution in [2.24, 2.45) is 0 Å². The van der Waals surface area contributed by atoms with E-state index in [1.807, 2.05) is 24.3 Å². The standard InChI is InChI=1S/C28H31NO3/c1-31-28(30)25-15-8-10-22(20-25)17-19-29-18-9-16-26(21-29)32-27(23-11-4-2-5-12-23)24-13-6-3-7-14-24/h2-8,10-15,20,26-27H,9,16-19,21H2,1H3. The van der Waals surface area contributed by atoms with E-state index in [0.717, 1.165) is 44.5 Å². The molecule has 1 heterocycles. The summed E-state index contributed by atoms with van der Waals surface area (Å²) < 4.78 is 11.6. The summed E-state index contributed by atoms with van der Waals surface area (Å²) >= 11 is 0. The van der Waals surface area contributed by atoms with Crippen LogP contribution in [0.4, 0.5) is 0 Å². The molecule has 0 radical (unpaired) electrons. The monoisotopic (exact) mass is 429 g/mol. The van der Waals surface area contributed by atoms with Gasteiger partial charge in [0.15, 0.2) is 0 Å². The van der Waals surface area contributed by atoms with E-state index < -0.39 is 0 Å². The molecule has 1 saturated heterocycles. The molecular weight excluding hydrogens is 398 g/mol. The van der Waals surface area contributed by atoms with Gasteiger partial charge in [0, 0.05) is 13.1 Å². The van der Waals surface area contributed by atoms with Gasteiger partial charge in [0.1, 0.15) is 6.10 Å². The van der Waals surface area contributed by atoms with Gasteiger partial charge in [0.2, 0.25) is 0 Å². The largest absolute Gasteiger partial charge is 0.465 e. The highest BCUT2D eigenvalue weighted by Gasteiger charge is 2.25. The van der Waals surface area contributed by atoms with E-state index in [1.165, 1.54) is 18.2 Å². The molecule has 1 unspecified atom stereocenters. The molecule has 166 valence electrons. The Morgan fingerprint density at radius 2 is 1.66 bits per heavy atom. The molecule has 1 atom stereocenters. The average Bonchev–Trinajstić information content (AvgIpc) is 2.87. The predicted molar refractivity (Wildman–Crippen MR) is 127 cm³/mol. The molecular formula is C28H31NO3. The molecule has 0 spiro atoms. The van der Waals surface area contributed by atoms with Gasteiger partial charge in [-0.1, -0.05) is 72.8 Å². The molecule has 1 fully saturated rings. The topological polar surface area (TPSA) is 38.8 Å². The van der Waals surface area contributed by atoms with Crippen molar-refractivity contribution in [3.8, 4) is 0 Å². The van der Waals surface area contributed by atoms with Crippen molar-refractivity contribution in [3.63, 3.8) is 0 Å². The third-order valence-corrected chi connectivity index (χ3v) is 6.06. The summed E-state index contributed by atoms with van der Waals surface area (Å²) in [6, 6.07) is 28.7. The molecule has 1 aliphatic heterocycles. The number of methoxy groups -OCH3 is 1. The second kappa shape index (κ2) is 11.1.